The van der Waals surface area contributed by atoms with Crippen LogP contribution in [-0.2, 0) is 6.54 Å². The third-order valence-electron chi connectivity index (χ3n) is 2.98. The number of nitrogens with zero attached hydrogens (tertiary/aromatic N) is 2. The minimum atomic E-state index is 0.499. The Hall–Kier alpha value is -0.610. The summed E-state index contributed by atoms with van der Waals surface area (Å²) in [4.78, 5) is 8.54. The molecule has 0 radical (unpaired) electrons. The standard InChI is InChI=1S/C15H29N3S/c1-10(2)9-18(12(5)6)15-17-13(7)14(19-15)8-16-11(3)4/h10-12,16H,8-9H2,1-7H3. The maximum atomic E-state index is 4.77. The van der Waals surface area contributed by atoms with Gasteiger partial charge in [-0.15, -0.1) is 11.3 Å². The van der Waals surface area contributed by atoms with Gasteiger partial charge in [-0.25, -0.2) is 4.98 Å². The van der Waals surface area contributed by atoms with Crippen molar-refractivity contribution < 1.29 is 0 Å². The summed E-state index contributed by atoms with van der Waals surface area (Å²) in [6.45, 7) is 17.5. The minimum Gasteiger partial charge on any atom is -0.345 e. The minimum absolute atomic E-state index is 0.499. The SMILES string of the molecule is Cc1nc(N(CC(C)C)C(C)C)sc1CNC(C)C. The van der Waals surface area contributed by atoms with Crippen molar-refractivity contribution in [1.29, 1.82) is 0 Å². The molecule has 19 heavy (non-hydrogen) atoms. The van der Waals surface area contributed by atoms with Crippen LogP contribution in [0.3, 0.4) is 0 Å². The van der Waals surface area contributed by atoms with Crippen molar-refractivity contribution in [3.8, 4) is 0 Å². The molecule has 110 valence electrons. The molecule has 4 heteroatoms. The smallest absolute Gasteiger partial charge is 0.186 e. The van der Waals surface area contributed by atoms with Crippen LogP contribution in [0.15, 0.2) is 0 Å². The second-order valence-corrected chi connectivity index (χ2v) is 7.24. The predicted octanol–water partition coefficient (Wildman–Crippen LogP) is 3.82. The zero-order chi connectivity index (χ0) is 14.6. The van der Waals surface area contributed by atoms with E-state index in [1.807, 2.05) is 11.3 Å². The molecule has 0 aliphatic carbocycles. The molecule has 0 atom stereocenters. The van der Waals surface area contributed by atoms with Gasteiger partial charge < -0.3 is 10.2 Å². The molecule has 1 N–H and O–H groups in total. The fraction of sp³-hybridized carbons (Fsp3) is 0.800. The third kappa shape index (κ3) is 5.11. The molecule has 1 heterocycles. The Morgan fingerprint density at radius 1 is 1.16 bits per heavy atom. The van der Waals surface area contributed by atoms with E-state index in [9.17, 15) is 0 Å². The number of hydrogen-bond donors (Lipinski definition) is 1. The molecular formula is C15H29N3S. The number of anilines is 1. The van der Waals surface area contributed by atoms with Crippen LogP contribution in [0.25, 0.3) is 0 Å². The summed E-state index contributed by atoms with van der Waals surface area (Å²) in [7, 11) is 0. The Labute approximate surface area is 122 Å². The van der Waals surface area contributed by atoms with E-state index < -0.39 is 0 Å². The lowest BCUT2D eigenvalue weighted by Gasteiger charge is -2.27. The number of aryl methyl sites for hydroxylation is 1. The van der Waals surface area contributed by atoms with E-state index >= 15 is 0 Å². The van der Waals surface area contributed by atoms with Crippen molar-refractivity contribution >= 4 is 16.5 Å². The molecule has 0 bridgehead atoms. The molecule has 0 amide bonds. The van der Waals surface area contributed by atoms with Crippen LogP contribution in [0, 0.1) is 12.8 Å². The zero-order valence-corrected chi connectivity index (χ0v) is 14.3. The van der Waals surface area contributed by atoms with E-state index in [0.29, 0.717) is 18.0 Å². The second kappa shape index (κ2) is 7.25. The van der Waals surface area contributed by atoms with Gasteiger partial charge in [0.15, 0.2) is 5.13 Å². The van der Waals surface area contributed by atoms with Crippen LogP contribution < -0.4 is 10.2 Å². The fourth-order valence-electron chi connectivity index (χ4n) is 1.90. The van der Waals surface area contributed by atoms with Gasteiger partial charge in [-0.3, -0.25) is 0 Å². The van der Waals surface area contributed by atoms with Gasteiger partial charge in [0.1, 0.15) is 0 Å². The summed E-state index contributed by atoms with van der Waals surface area (Å²) in [5.41, 5.74) is 1.17. The summed E-state index contributed by atoms with van der Waals surface area (Å²) < 4.78 is 0. The van der Waals surface area contributed by atoms with E-state index in [2.05, 4.69) is 58.7 Å². The molecule has 0 aliphatic heterocycles. The summed E-state index contributed by atoms with van der Waals surface area (Å²) in [6, 6.07) is 1.01. The largest absolute Gasteiger partial charge is 0.345 e. The first kappa shape index (κ1) is 16.4. The van der Waals surface area contributed by atoms with Crippen molar-refractivity contribution in [2.75, 3.05) is 11.4 Å². The molecule has 0 saturated heterocycles. The Morgan fingerprint density at radius 2 is 1.79 bits per heavy atom. The highest BCUT2D eigenvalue weighted by molar-refractivity contribution is 7.15. The van der Waals surface area contributed by atoms with Crippen LogP contribution in [0.2, 0.25) is 0 Å². The first-order valence-electron chi connectivity index (χ1n) is 7.27. The first-order valence-corrected chi connectivity index (χ1v) is 8.09. The van der Waals surface area contributed by atoms with Crippen LogP contribution in [-0.4, -0.2) is 23.6 Å². The lowest BCUT2D eigenvalue weighted by atomic mass is 10.2. The van der Waals surface area contributed by atoms with Crippen molar-refractivity contribution in [2.24, 2.45) is 5.92 Å². The Kier molecular flexibility index (Phi) is 6.27. The van der Waals surface area contributed by atoms with Gasteiger partial charge in [-0.2, -0.15) is 0 Å². The molecule has 0 unspecified atom stereocenters. The number of thiazole rings is 1. The zero-order valence-electron chi connectivity index (χ0n) is 13.4. The van der Waals surface area contributed by atoms with Crippen LogP contribution in [0.4, 0.5) is 5.13 Å². The molecule has 0 saturated carbocycles. The van der Waals surface area contributed by atoms with E-state index in [1.165, 1.54) is 15.7 Å². The number of hydrogen-bond acceptors (Lipinski definition) is 4. The number of rotatable bonds is 7. The predicted molar refractivity (Wildman–Crippen MR) is 86.1 cm³/mol. The summed E-state index contributed by atoms with van der Waals surface area (Å²) >= 11 is 1.83. The van der Waals surface area contributed by atoms with Gasteiger partial charge in [-0.1, -0.05) is 27.7 Å². The maximum absolute atomic E-state index is 4.77. The van der Waals surface area contributed by atoms with Crippen molar-refractivity contribution in [3.05, 3.63) is 10.6 Å². The molecular weight excluding hydrogens is 254 g/mol. The van der Waals surface area contributed by atoms with Crippen LogP contribution >= 0.6 is 11.3 Å². The lowest BCUT2D eigenvalue weighted by molar-refractivity contribution is 0.569. The average Bonchev–Trinajstić information content (AvgIpc) is 2.64. The summed E-state index contributed by atoms with van der Waals surface area (Å²) in [5.74, 6) is 0.656. The molecule has 1 rings (SSSR count). The molecule has 0 aliphatic rings. The summed E-state index contributed by atoms with van der Waals surface area (Å²) in [6.07, 6.45) is 0. The topological polar surface area (TPSA) is 28.2 Å². The number of aromatic nitrogens is 1. The van der Waals surface area contributed by atoms with Gasteiger partial charge >= 0.3 is 0 Å². The van der Waals surface area contributed by atoms with E-state index in [0.717, 1.165) is 13.1 Å². The molecule has 1 aromatic rings. The second-order valence-electron chi connectivity index (χ2n) is 6.18. The van der Waals surface area contributed by atoms with Crippen molar-refractivity contribution in [3.63, 3.8) is 0 Å². The highest BCUT2D eigenvalue weighted by Gasteiger charge is 2.17. The Bertz CT molecular complexity index is 383. The van der Waals surface area contributed by atoms with Crippen LogP contribution in [0.1, 0.15) is 52.1 Å². The van der Waals surface area contributed by atoms with Gasteiger partial charge in [0, 0.05) is 30.1 Å². The average molecular weight is 283 g/mol. The highest BCUT2D eigenvalue weighted by atomic mass is 32.1. The number of nitrogens with one attached hydrogen (secondary N) is 1. The van der Waals surface area contributed by atoms with Crippen molar-refractivity contribution in [1.82, 2.24) is 10.3 Å². The molecule has 0 spiro atoms. The monoisotopic (exact) mass is 283 g/mol. The Morgan fingerprint density at radius 3 is 2.26 bits per heavy atom. The molecule has 0 aromatic carbocycles. The fourth-order valence-corrected chi connectivity index (χ4v) is 3.05. The molecule has 1 aromatic heterocycles. The maximum Gasteiger partial charge on any atom is 0.186 e. The van der Waals surface area contributed by atoms with Gasteiger partial charge in [0.25, 0.3) is 0 Å². The summed E-state index contributed by atoms with van der Waals surface area (Å²) in [5, 5.41) is 4.65. The van der Waals surface area contributed by atoms with E-state index in [4.69, 9.17) is 4.98 Å². The first-order chi connectivity index (χ1) is 8.81. The lowest BCUT2D eigenvalue weighted by Crippen LogP contribution is -2.34. The van der Waals surface area contributed by atoms with Gasteiger partial charge in [0.05, 0.1) is 5.69 Å². The third-order valence-corrected chi connectivity index (χ3v) is 4.18. The van der Waals surface area contributed by atoms with Gasteiger partial charge in [-0.05, 0) is 26.7 Å². The highest BCUT2D eigenvalue weighted by Crippen LogP contribution is 2.28. The van der Waals surface area contributed by atoms with Crippen molar-refractivity contribution in [2.45, 2.75) is 67.1 Å². The molecule has 3 nitrogen and oxygen atoms in total. The van der Waals surface area contributed by atoms with E-state index in [1.54, 1.807) is 0 Å². The normalized spacial score (nSPS) is 11.9. The van der Waals surface area contributed by atoms with Gasteiger partial charge in [0.2, 0.25) is 0 Å². The van der Waals surface area contributed by atoms with E-state index in [-0.39, 0.29) is 0 Å². The quantitative estimate of drug-likeness (QED) is 0.824. The molecule has 0 fully saturated rings. The Balaban J connectivity index is 2.84. The van der Waals surface area contributed by atoms with Crippen LogP contribution in [0.5, 0.6) is 0 Å².